The molecule has 2 aromatic carbocycles. The summed E-state index contributed by atoms with van der Waals surface area (Å²) in [7, 11) is 0. The van der Waals surface area contributed by atoms with Crippen LogP contribution in [0.1, 0.15) is 47.2 Å². The molecule has 2 aromatic rings. The third-order valence-corrected chi connectivity index (χ3v) is 7.54. The first-order chi connectivity index (χ1) is 15.9. The molecule has 0 saturated carbocycles. The number of allylic oxidation sites excluding steroid dienone is 1. The molecule has 0 N–H and O–H groups in total. The second-order valence-electron chi connectivity index (χ2n) is 8.35. The molecule has 5 nitrogen and oxygen atoms in total. The SMILES string of the molecule is Cc1ccc(/C=C/C(=O)c2ccc(N3C(=O)C[C@@H](SC(=S)N4CCCCC4)C3=O)cc2)cc1. The lowest BCUT2D eigenvalue weighted by Crippen LogP contribution is -2.35. The van der Waals surface area contributed by atoms with E-state index in [-0.39, 0.29) is 24.0 Å². The Morgan fingerprint density at radius 1 is 1.00 bits per heavy atom. The zero-order valence-electron chi connectivity index (χ0n) is 18.5. The fourth-order valence-corrected chi connectivity index (χ4v) is 5.50. The zero-order valence-corrected chi connectivity index (χ0v) is 20.2. The van der Waals surface area contributed by atoms with Crippen LogP contribution >= 0.6 is 24.0 Å². The first kappa shape index (κ1) is 23.4. The van der Waals surface area contributed by atoms with Gasteiger partial charge in [0.25, 0.3) is 0 Å². The van der Waals surface area contributed by atoms with Gasteiger partial charge >= 0.3 is 0 Å². The number of carbonyl (C=O) groups excluding carboxylic acids is 3. The summed E-state index contributed by atoms with van der Waals surface area (Å²) in [6.45, 7) is 3.84. The van der Waals surface area contributed by atoms with Gasteiger partial charge in [-0.1, -0.05) is 59.9 Å². The molecule has 4 rings (SSSR count). The molecule has 0 radical (unpaired) electrons. The minimum Gasteiger partial charge on any atom is -0.358 e. The molecule has 33 heavy (non-hydrogen) atoms. The Labute approximate surface area is 203 Å². The largest absolute Gasteiger partial charge is 0.358 e. The lowest BCUT2D eigenvalue weighted by molar-refractivity contribution is -0.121. The smallest absolute Gasteiger partial charge is 0.247 e. The van der Waals surface area contributed by atoms with E-state index in [0.29, 0.717) is 15.6 Å². The molecule has 2 fully saturated rings. The Kier molecular flexibility index (Phi) is 7.40. The van der Waals surface area contributed by atoms with Crippen LogP contribution in [-0.2, 0) is 9.59 Å². The second kappa shape index (κ2) is 10.4. The van der Waals surface area contributed by atoms with Crippen LogP contribution in [0, 0.1) is 6.92 Å². The van der Waals surface area contributed by atoms with Crippen LogP contribution in [0.25, 0.3) is 6.08 Å². The van der Waals surface area contributed by atoms with Crippen LogP contribution in [0.15, 0.2) is 54.6 Å². The van der Waals surface area contributed by atoms with Crippen molar-refractivity contribution in [2.75, 3.05) is 18.0 Å². The van der Waals surface area contributed by atoms with Crippen molar-refractivity contribution in [2.24, 2.45) is 0 Å². The summed E-state index contributed by atoms with van der Waals surface area (Å²) in [6.07, 6.45) is 6.86. The Morgan fingerprint density at radius 2 is 1.67 bits per heavy atom. The number of hydrogen-bond donors (Lipinski definition) is 0. The molecule has 1 atom stereocenters. The Morgan fingerprint density at radius 3 is 2.33 bits per heavy atom. The molecular formula is C26H26N2O3S2. The molecule has 2 aliphatic heterocycles. The number of hydrogen-bond acceptors (Lipinski definition) is 5. The summed E-state index contributed by atoms with van der Waals surface area (Å²) >= 11 is 6.85. The number of likely N-dealkylation sites (tertiary alicyclic amines) is 1. The molecule has 7 heteroatoms. The van der Waals surface area contributed by atoms with Crippen LogP contribution in [0.4, 0.5) is 5.69 Å². The van der Waals surface area contributed by atoms with Crippen molar-refractivity contribution < 1.29 is 14.4 Å². The molecule has 2 saturated heterocycles. The number of aryl methyl sites for hydroxylation is 1. The van der Waals surface area contributed by atoms with Gasteiger partial charge in [-0.15, -0.1) is 0 Å². The summed E-state index contributed by atoms with van der Waals surface area (Å²) in [5.74, 6) is -0.624. The van der Waals surface area contributed by atoms with E-state index in [9.17, 15) is 14.4 Å². The second-order valence-corrected chi connectivity index (χ2v) is 10.2. The van der Waals surface area contributed by atoms with Crippen molar-refractivity contribution in [3.05, 3.63) is 71.3 Å². The highest BCUT2D eigenvalue weighted by molar-refractivity contribution is 8.23. The van der Waals surface area contributed by atoms with Crippen LogP contribution in [0.3, 0.4) is 0 Å². The Bertz CT molecular complexity index is 1090. The van der Waals surface area contributed by atoms with Gasteiger partial charge in [-0.3, -0.25) is 14.4 Å². The minimum absolute atomic E-state index is 0.136. The number of nitrogens with zero attached hydrogens (tertiary/aromatic N) is 2. The lowest BCUT2D eigenvalue weighted by Gasteiger charge is -2.29. The van der Waals surface area contributed by atoms with E-state index < -0.39 is 5.25 Å². The number of benzene rings is 2. The highest BCUT2D eigenvalue weighted by Gasteiger charge is 2.41. The summed E-state index contributed by atoms with van der Waals surface area (Å²) in [5, 5.41) is -0.495. The molecule has 0 aliphatic carbocycles. The van der Waals surface area contributed by atoms with Crippen LogP contribution in [-0.4, -0.2) is 45.2 Å². The van der Waals surface area contributed by atoms with E-state index in [2.05, 4.69) is 4.90 Å². The monoisotopic (exact) mass is 478 g/mol. The summed E-state index contributed by atoms with van der Waals surface area (Å²) in [6, 6.07) is 14.5. The van der Waals surface area contributed by atoms with Gasteiger partial charge in [0.15, 0.2) is 5.78 Å². The summed E-state index contributed by atoms with van der Waals surface area (Å²) in [4.78, 5) is 41.4. The Hall–Kier alpha value is -2.77. The maximum atomic E-state index is 13.0. The van der Waals surface area contributed by atoms with Crippen LogP contribution in [0.2, 0.25) is 0 Å². The fourth-order valence-electron chi connectivity index (χ4n) is 3.96. The molecule has 2 aliphatic rings. The van der Waals surface area contributed by atoms with Crippen molar-refractivity contribution in [3.8, 4) is 0 Å². The maximum Gasteiger partial charge on any atom is 0.247 e. The van der Waals surface area contributed by atoms with E-state index >= 15 is 0 Å². The van der Waals surface area contributed by atoms with Gasteiger partial charge in [0, 0.05) is 25.1 Å². The molecule has 2 amide bonds. The quantitative estimate of drug-likeness (QED) is 0.260. The zero-order chi connectivity index (χ0) is 23.4. The first-order valence-electron chi connectivity index (χ1n) is 11.1. The van der Waals surface area contributed by atoms with Gasteiger partial charge in [0.1, 0.15) is 9.57 Å². The molecule has 0 unspecified atom stereocenters. The summed E-state index contributed by atoms with van der Waals surface area (Å²) in [5.41, 5.74) is 3.09. The van der Waals surface area contributed by atoms with Crippen LogP contribution in [0.5, 0.6) is 0 Å². The number of thiocarbonyl (C=S) groups is 1. The molecule has 170 valence electrons. The van der Waals surface area contributed by atoms with E-state index in [4.69, 9.17) is 12.2 Å². The minimum atomic E-state index is -0.495. The highest BCUT2D eigenvalue weighted by atomic mass is 32.2. The van der Waals surface area contributed by atoms with Crippen molar-refractivity contribution in [1.82, 2.24) is 4.90 Å². The number of rotatable bonds is 5. The van der Waals surface area contributed by atoms with Gasteiger partial charge in [0.2, 0.25) is 11.8 Å². The molecule has 2 heterocycles. The lowest BCUT2D eigenvalue weighted by atomic mass is 10.1. The topological polar surface area (TPSA) is 57.7 Å². The van der Waals surface area contributed by atoms with Gasteiger partial charge in [-0.05, 0) is 62.1 Å². The normalized spacial score (nSPS) is 18.9. The van der Waals surface area contributed by atoms with Crippen molar-refractivity contribution in [3.63, 3.8) is 0 Å². The standard InChI is InChI=1S/C26H26N2O3S2/c1-18-5-7-19(8-6-18)9-14-22(29)20-10-12-21(13-11-20)28-24(30)17-23(25(28)31)33-26(32)27-15-3-2-4-16-27/h5-14,23H,2-4,15-17H2,1H3/b14-9+/t23-/m1/s1. The molecule has 0 bridgehead atoms. The van der Waals surface area contributed by atoms with E-state index in [1.807, 2.05) is 31.2 Å². The van der Waals surface area contributed by atoms with Gasteiger partial charge in [-0.25, -0.2) is 4.90 Å². The van der Waals surface area contributed by atoms with Gasteiger partial charge in [-0.2, -0.15) is 0 Å². The molecule has 0 aromatic heterocycles. The maximum absolute atomic E-state index is 13.0. The number of thioether (sulfide) groups is 1. The number of ketones is 1. The highest BCUT2D eigenvalue weighted by Crippen LogP contribution is 2.32. The third kappa shape index (κ3) is 5.60. The van der Waals surface area contributed by atoms with Crippen molar-refractivity contribution in [1.29, 1.82) is 0 Å². The third-order valence-electron chi connectivity index (χ3n) is 5.88. The molecule has 0 spiro atoms. The number of anilines is 1. The number of imide groups is 1. The number of carbonyl (C=O) groups is 3. The van der Waals surface area contributed by atoms with Crippen molar-refractivity contribution in [2.45, 2.75) is 37.9 Å². The van der Waals surface area contributed by atoms with E-state index in [1.165, 1.54) is 29.2 Å². The van der Waals surface area contributed by atoms with Crippen LogP contribution < -0.4 is 4.90 Å². The first-order valence-corrected chi connectivity index (χ1v) is 12.4. The average molecular weight is 479 g/mol. The predicted octanol–water partition coefficient (Wildman–Crippen LogP) is 5.03. The van der Waals surface area contributed by atoms with Gasteiger partial charge < -0.3 is 4.90 Å². The summed E-state index contributed by atoms with van der Waals surface area (Å²) < 4.78 is 0.698. The fraction of sp³-hybridized carbons (Fsp3) is 0.308. The van der Waals surface area contributed by atoms with Gasteiger partial charge in [0.05, 0.1) is 5.69 Å². The Balaban J connectivity index is 1.39. The number of piperidine rings is 1. The van der Waals surface area contributed by atoms with Crippen molar-refractivity contribution >= 4 is 57.7 Å². The van der Waals surface area contributed by atoms with E-state index in [0.717, 1.165) is 37.1 Å². The number of amides is 2. The average Bonchev–Trinajstić information content (AvgIpc) is 3.11. The predicted molar refractivity (Wildman–Crippen MR) is 137 cm³/mol. The molecular weight excluding hydrogens is 452 g/mol. The van der Waals surface area contributed by atoms with E-state index in [1.54, 1.807) is 30.3 Å².